The minimum absolute atomic E-state index is 0.140. The van der Waals surface area contributed by atoms with Crippen LogP contribution in [0.1, 0.15) is 31.8 Å². The summed E-state index contributed by atoms with van der Waals surface area (Å²) in [5.41, 5.74) is 3.90. The molecule has 0 bridgehead atoms. The van der Waals surface area contributed by atoms with Gasteiger partial charge in [-0.1, -0.05) is 35.9 Å². The zero-order valence-electron chi connectivity index (χ0n) is 19.2. The number of carbonyl (C=O) groups excluding carboxylic acids is 2. The maximum Gasteiger partial charge on any atom is 0.257 e. The van der Waals surface area contributed by atoms with Crippen molar-refractivity contribution in [2.24, 2.45) is 0 Å². The second kappa shape index (κ2) is 10.0. The smallest absolute Gasteiger partial charge is 0.257 e. The maximum absolute atomic E-state index is 13.5. The first-order valence-corrected chi connectivity index (χ1v) is 11.2. The highest BCUT2D eigenvalue weighted by Crippen LogP contribution is 2.34. The average Bonchev–Trinajstić information content (AvgIpc) is 3.01. The first-order valence-electron chi connectivity index (χ1n) is 10.8. The number of ether oxygens (including phenoxy) is 2. The molecule has 174 valence electrons. The van der Waals surface area contributed by atoms with Gasteiger partial charge in [-0.15, -0.1) is 0 Å². The van der Waals surface area contributed by atoms with Gasteiger partial charge < -0.3 is 19.7 Å². The lowest BCUT2D eigenvalue weighted by Gasteiger charge is -2.20. The van der Waals surface area contributed by atoms with Crippen molar-refractivity contribution < 1.29 is 19.1 Å². The second-order valence-corrected chi connectivity index (χ2v) is 8.36. The summed E-state index contributed by atoms with van der Waals surface area (Å²) in [6, 6.07) is 17.6. The number of nitrogens with zero attached hydrogens (tertiary/aromatic N) is 1. The third-order valence-corrected chi connectivity index (χ3v) is 6.13. The molecule has 1 amide bonds. The fourth-order valence-electron chi connectivity index (χ4n) is 3.92. The van der Waals surface area contributed by atoms with Crippen LogP contribution in [0, 0.1) is 0 Å². The Balaban J connectivity index is 1.64. The largest absolute Gasteiger partial charge is 0.493 e. The number of allylic oxidation sites excluding steroid dienone is 1. The van der Waals surface area contributed by atoms with Gasteiger partial charge in [-0.2, -0.15) is 0 Å². The molecular formula is C27H25ClN2O4. The molecule has 0 fully saturated rings. The molecule has 0 saturated heterocycles. The van der Waals surface area contributed by atoms with Crippen molar-refractivity contribution >= 4 is 35.1 Å². The third kappa shape index (κ3) is 4.77. The van der Waals surface area contributed by atoms with E-state index in [2.05, 4.69) is 5.32 Å². The number of rotatable bonds is 6. The standard InChI is InChI=1S/C27H25ClN2O4/c1-30-12-11-17-15-24(33-2)25(34-3)16-19(17)14-23(30)26(31)18-7-6-8-20(13-18)29-27(32)21-9-4-5-10-22(21)28/h4-10,13-16H,11-12H2,1-3H3,(H,29,32). The van der Waals surface area contributed by atoms with Gasteiger partial charge in [-0.3, -0.25) is 9.59 Å². The van der Waals surface area contributed by atoms with E-state index < -0.39 is 0 Å². The Labute approximate surface area is 203 Å². The first kappa shape index (κ1) is 23.4. The lowest BCUT2D eigenvalue weighted by molar-refractivity contribution is 0.0997. The van der Waals surface area contributed by atoms with Crippen LogP contribution in [0.3, 0.4) is 0 Å². The van der Waals surface area contributed by atoms with Gasteiger partial charge in [0.15, 0.2) is 11.5 Å². The summed E-state index contributed by atoms with van der Waals surface area (Å²) in [5.74, 6) is 0.794. The summed E-state index contributed by atoms with van der Waals surface area (Å²) in [4.78, 5) is 28.1. The number of hydrogen-bond acceptors (Lipinski definition) is 5. The number of anilines is 1. The summed E-state index contributed by atoms with van der Waals surface area (Å²) in [6.07, 6.45) is 2.63. The van der Waals surface area contributed by atoms with E-state index in [1.54, 1.807) is 62.8 Å². The van der Waals surface area contributed by atoms with E-state index in [9.17, 15) is 9.59 Å². The highest BCUT2D eigenvalue weighted by molar-refractivity contribution is 6.34. The molecule has 0 aromatic heterocycles. The van der Waals surface area contributed by atoms with Crippen LogP contribution in [-0.4, -0.2) is 44.4 Å². The summed E-state index contributed by atoms with van der Waals surface area (Å²) < 4.78 is 10.9. The molecule has 6 nitrogen and oxygen atoms in total. The topological polar surface area (TPSA) is 67.9 Å². The molecule has 4 rings (SSSR count). The van der Waals surface area contributed by atoms with Crippen molar-refractivity contribution in [3.8, 4) is 11.5 Å². The zero-order chi connectivity index (χ0) is 24.2. The van der Waals surface area contributed by atoms with Crippen LogP contribution in [0.4, 0.5) is 5.69 Å². The molecule has 3 aromatic rings. The first-order chi connectivity index (χ1) is 16.4. The van der Waals surface area contributed by atoms with Gasteiger partial charge in [-0.25, -0.2) is 0 Å². The van der Waals surface area contributed by atoms with E-state index in [0.717, 1.165) is 17.5 Å². The van der Waals surface area contributed by atoms with E-state index >= 15 is 0 Å². The Morgan fingerprint density at radius 2 is 1.71 bits per heavy atom. The number of hydrogen-bond donors (Lipinski definition) is 1. The number of amides is 1. The summed E-state index contributed by atoms with van der Waals surface area (Å²) in [5, 5.41) is 3.19. The van der Waals surface area contributed by atoms with E-state index in [0.29, 0.717) is 45.6 Å². The number of halogens is 1. The summed E-state index contributed by atoms with van der Waals surface area (Å²) in [7, 11) is 5.09. The van der Waals surface area contributed by atoms with Crippen LogP contribution in [-0.2, 0) is 6.42 Å². The van der Waals surface area contributed by atoms with Crippen LogP contribution in [0.2, 0.25) is 5.02 Å². The molecular weight excluding hydrogens is 452 g/mol. The van der Waals surface area contributed by atoms with Gasteiger partial charge in [-0.05, 0) is 60.0 Å². The lowest BCUT2D eigenvalue weighted by Crippen LogP contribution is -2.24. The van der Waals surface area contributed by atoms with E-state index in [1.165, 1.54) is 0 Å². The van der Waals surface area contributed by atoms with Gasteiger partial charge in [0.2, 0.25) is 5.78 Å². The number of benzene rings is 3. The Hall–Kier alpha value is -3.77. The number of likely N-dealkylation sites (N-methyl/N-ethyl adjacent to an activating group) is 1. The van der Waals surface area contributed by atoms with Crippen LogP contribution in [0.25, 0.3) is 6.08 Å². The van der Waals surface area contributed by atoms with Crippen molar-refractivity contribution in [2.75, 3.05) is 33.1 Å². The molecule has 1 heterocycles. The average molecular weight is 477 g/mol. The van der Waals surface area contributed by atoms with Crippen LogP contribution in [0.5, 0.6) is 11.5 Å². The number of ketones is 1. The molecule has 0 unspecified atom stereocenters. The predicted octanol–water partition coefficient (Wildman–Crippen LogP) is 5.32. The maximum atomic E-state index is 13.5. The monoisotopic (exact) mass is 476 g/mol. The predicted molar refractivity (Wildman–Crippen MR) is 134 cm³/mol. The SMILES string of the molecule is COc1cc2c(cc1OC)CCN(C)C(C(=O)c1cccc(NC(=O)c3ccccc3Cl)c1)=C2. The number of fused-ring (bicyclic) bond motifs is 1. The van der Waals surface area contributed by atoms with E-state index in [1.807, 2.05) is 30.2 Å². The molecule has 0 atom stereocenters. The quantitative estimate of drug-likeness (QED) is 0.487. The minimum Gasteiger partial charge on any atom is -0.493 e. The zero-order valence-corrected chi connectivity index (χ0v) is 20.0. The van der Waals surface area contributed by atoms with E-state index in [4.69, 9.17) is 21.1 Å². The van der Waals surface area contributed by atoms with Crippen molar-refractivity contribution in [3.05, 3.63) is 93.6 Å². The molecule has 0 saturated carbocycles. The van der Waals surface area contributed by atoms with Crippen molar-refractivity contribution in [1.82, 2.24) is 4.90 Å². The molecule has 0 radical (unpaired) electrons. The van der Waals surface area contributed by atoms with Gasteiger partial charge in [0.05, 0.1) is 30.5 Å². The molecule has 1 aliphatic heterocycles. The van der Waals surface area contributed by atoms with E-state index in [-0.39, 0.29) is 11.7 Å². The van der Waals surface area contributed by atoms with Crippen molar-refractivity contribution in [3.63, 3.8) is 0 Å². The molecule has 3 aromatic carbocycles. The molecule has 1 aliphatic rings. The Morgan fingerprint density at radius 3 is 2.44 bits per heavy atom. The fourth-order valence-corrected chi connectivity index (χ4v) is 4.14. The fraction of sp³-hybridized carbons (Fsp3) is 0.185. The van der Waals surface area contributed by atoms with Gasteiger partial charge >= 0.3 is 0 Å². The number of methoxy groups -OCH3 is 2. The highest BCUT2D eigenvalue weighted by atomic mass is 35.5. The summed E-state index contributed by atoms with van der Waals surface area (Å²) in [6.45, 7) is 0.670. The Morgan fingerprint density at radius 1 is 0.971 bits per heavy atom. The number of Topliss-reactive ketones (excluding diaryl/α,β-unsaturated/α-hetero) is 1. The Bertz CT molecular complexity index is 1290. The molecule has 0 spiro atoms. The normalized spacial score (nSPS) is 12.8. The van der Waals surface area contributed by atoms with Crippen molar-refractivity contribution in [2.45, 2.75) is 6.42 Å². The third-order valence-electron chi connectivity index (χ3n) is 5.80. The minimum atomic E-state index is -0.337. The Kier molecular flexibility index (Phi) is 6.89. The van der Waals surface area contributed by atoms with Gasteiger partial charge in [0.1, 0.15) is 0 Å². The van der Waals surface area contributed by atoms with Gasteiger partial charge in [0, 0.05) is 24.8 Å². The van der Waals surface area contributed by atoms with Crippen LogP contribution < -0.4 is 14.8 Å². The second-order valence-electron chi connectivity index (χ2n) is 7.95. The number of nitrogens with one attached hydrogen (secondary N) is 1. The highest BCUT2D eigenvalue weighted by Gasteiger charge is 2.22. The van der Waals surface area contributed by atoms with Gasteiger partial charge in [0.25, 0.3) is 5.91 Å². The molecule has 1 N–H and O–H groups in total. The van der Waals surface area contributed by atoms with Crippen LogP contribution in [0.15, 0.2) is 66.4 Å². The number of carbonyl (C=O) groups is 2. The lowest BCUT2D eigenvalue weighted by atomic mass is 10.0. The van der Waals surface area contributed by atoms with Crippen LogP contribution >= 0.6 is 11.6 Å². The van der Waals surface area contributed by atoms with Crippen molar-refractivity contribution in [1.29, 1.82) is 0 Å². The molecule has 7 heteroatoms. The summed E-state index contributed by atoms with van der Waals surface area (Å²) >= 11 is 6.14. The molecule has 0 aliphatic carbocycles. The molecule has 34 heavy (non-hydrogen) atoms.